The van der Waals surface area contributed by atoms with Crippen LogP contribution in [-0.2, 0) is 6.42 Å². The number of anilines is 2. The zero-order valence-corrected chi connectivity index (χ0v) is 16.0. The third-order valence-corrected chi connectivity index (χ3v) is 5.26. The SMILES string of the molecule is COc1c(C#N)ccc2c1CCCC2Nc1ccc(N)c(C(=N)c2cnco2)c1. The Bertz CT molecular complexity index is 1100. The maximum atomic E-state index is 9.35. The van der Waals surface area contributed by atoms with E-state index in [-0.39, 0.29) is 11.8 Å². The summed E-state index contributed by atoms with van der Waals surface area (Å²) in [6.45, 7) is 0. The van der Waals surface area contributed by atoms with Crippen molar-refractivity contribution < 1.29 is 9.15 Å². The molecule has 1 unspecified atom stereocenters. The number of methoxy groups -OCH3 is 1. The molecule has 29 heavy (non-hydrogen) atoms. The first-order valence-electron chi connectivity index (χ1n) is 9.36. The lowest BCUT2D eigenvalue weighted by Crippen LogP contribution is -2.19. The molecule has 3 aromatic rings. The third-order valence-electron chi connectivity index (χ3n) is 5.26. The van der Waals surface area contributed by atoms with Gasteiger partial charge in [0.25, 0.3) is 0 Å². The number of hydrogen-bond acceptors (Lipinski definition) is 7. The summed E-state index contributed by atoms with van der Waals surface area (Å²) in [5, 5.41) is 21.3. The molecule has 1 aliphatic rings. The molecule has 7 nitrogen and oxygen atoms in total. The molecule has 4 rings (SSSR count). The Morgan fingerprint density at radius 1 is 1.38 bits per heavy atom. The second-order valence-electron chi connectivity index (χ2n) is 6.96. The van der Waals surface area contributed by atoms with Crippen LogP contribution in [0.4, 0.5) is 11.4 Å². The minimum absolute atomic E-state index is 0.0799. The van der Waals surface area contributed by atoms with Gasteiger partial charge in [-0.05, 0) is 49.1 Å². The van der Waals surface area contributed by atoms with Gasteiger partial charge in [-0.25, -0.2) is 4.98 Å². The summed E-state index contributed by atoms with van der Waals surface area (Å²) < 4.78 is 10.8. The van der Waals surface area contributed by atoms with Crippen molar-refractivity contribution >= 4 is 17.1 Å². The average molecular weight is 387 g/mol. The van der Waals surface area contributed by atoms with Crippen LogP contribution in [0.15, 0.2) is 47.3 Å². The standard InChI is InChI=1S/C22H21N5O2/c1-28-22-13(10-23)5-7-15-16(22)3-2-4-19(15)27-14-6-8-18(24)17(9-14)21(25)20-11-26-12-29-20/h5-9,11-12,19,25,27H,2-4,24H2,1H3. The summed E-state index contributed by atoms with van der Waals surface area (Å²) in [7, 11) is 1.61. The average Bonchev–Trinajstić information content (AvgIpc) is 3.28. The predicted molar refractivity (Wildman–Crippen MR) is 110 cm³/mol. The Balaban J connectivity index is 1.66. The fourth-order valence-electron chi connectivity index (χ4n) is 3.87. The molecule has 0 radical (unpaired) electrons. The van der Waals surface area contributed by atoms with Crippen LogP contribution >= 0.6 is 0 Å². The van der Waals surface area contributed by atoms with E-state index in [1.807, 2.05) is 24.3 Å². The van der Waals surface area contributed by atoms with Gasteiger partial charge in [-0.15, -0.1) is 0 Å². The Hall–Kier alpha value is -3.79. The van der Waals surface area contributed by atoms with Crippen molar-refractivity contribution in [3.05, 3.63) is 70.9 Å². The van der Waals surface area contributed by atoms with Gasteiger partial charge in [-0.1, -0.05) is 6.07 Å². The van der Waals surface area contributed by atoms with Crippen LogP contribution in [0.25, 0.3) is 0 Å². The molecule has 1 aliphatic carbocycles. The second kappa shape index (κ2) is 7.68. The number of nitrogens with two attached hydrogens (primary N) is 1. The van der Waals surface area contributed by atoms with Crippen molar-refractivity contribution in [2.75, 3.05) is 18.2 Å². The van der Waals surface area contributed by atoms with Crippen LogP contribution < -0.4 is 15.8 Å². The highest BCUT2D eigenvalue weighted by Crippen LogP contribution is 2.39. The highest BCUT2D eigenvalue weighted by Gasteiger charge is 2.25. The van der Waals surface area contributed by atoms with E-state index in [2.05, 4.69) is 16.4 Å². The Labute approximate surface area is 168 Å². The van der Waals surface area contributed by atoms with Crippen molar-refractivity contribution in [1.29, 1.82) is 10.7 Å². The van der Waals surface area contributed by atoms with E-state index < -0.39 is 0 Å². The first kappa shape index (κ1) is 18.6. The van der Waals surface area contributed by atoms with Crippen LogP contribution in [0.2, 0.25) is 0 Å². The van der Waals surface area contributed by atoms with Gasteiger partial charge in [0.2, 0.25) is 0 Å². The number of hydrogen-bond donors (Lipinski definition) is 3. The maximum Gasteiger partial charge on any atom is 0.181 e. The fraction of sp³-hybridized carbons (Fsp3) is 0.227. The summed E-state index contributed by atoms with van der Waals surface area (Å²) in [5.41, 5.74) is 11.0. The van der Waals surface area contributed by atoms with Crippen LogP contribution in [0.5, 0.6) is 5.75 Å². The van der Waals surface area contributed by atoms with Gasteiger partial charge in [0.1, 0.15) is 17.5 Å². The predicted octanol–water partition coefficient (Wildman–Crippen LogP) is 4.04. The minimum Gasteiger partial charge on any atom is -0.495 e. The van der Waals surface area contributed by atoms with E-state index in [0.29, 0.717) is 28.3 Å². The number of fused-ring (bicyclic) bond motifs is 1. The van der Waals surface area contributed by atoms with Crippen LogP contribution in [-0.4, -0.2) is 17.8 Å². The minimum atomic E-state index is 0.0799. The Morgan fingerprint density at radius 3 is 2.97 bits per heavy atom. The largest absolute Gasteiger partial charge is 0.495 e. The lowest BCUT2D eigenvalue weighted by Gasteiger charge is -2.29. The second-order valence-corrected chi connectivity index (χ2v) is 6.96. The number of nitrogen functional groups attached to an aromatic ring is 1. The van der Waals surface area contributed by atoms with Gasteiger partial charge >= 0.3 is 0 Å². The molecule has 146 valence electrons. The summed E-state index contributed by atoms with van der Waals surface area (Å²) in [6, 6.07) is 11.6. The molecular formula is C22H21N5O2. The van der Waals surface area contributed by atoms with E-state index in [1.54, 1.807) is 13.2 Å². The van der Waals surface area contributed by atoms with Crippen molar-refractivity contribution in [2.45, 2.75) is 25.3 Å². The van der Waals surface area contributed by atoms with E-state index in [1.165, 1.54) is 12.6 Å². The molecule has 0 aliphatic heterocycles. The lowest BCUT2D eigenvalue weighted by molar-refractivity contribution is 0.403. The first-order chi connectivity index (χ1) is 14.1. The summed E-state index contributed by atoms with van der Waals surface area (Å²) in [4.78, 5) is 3.87. The van der Waals surface area contributed by atoms with Crippen LogP contribution in [0, 0.1) is 16.7 Å². The normalized spacial score (nSPS) is 15.2. The zero-order chi connectivity index (χ0) is 20.4. The van der Waals surface area contributed by atoms with E-state index in [0.717, 1.165) is 36.1 Å². The van der Waals surface area contributed by atoms with Gasteiger partial charge in [-0.2, -0.15) is 5.26 Å². The molecule has 1 heterocycles. The third kappa shape index (κ3) is 3.41. The van der Waals surface area contributed by atoms with Gasteiger partial charge in [0.15, 0.2) is 12.2 Å². The van der Waals surface area contributed by atoms with Crippen LogP contribution in [0.3, 0.4) is 0 Å². The maximum absolute atomic E-state index is 9.35. The van der Waals surface area contributed by atoms with Gasteiger partial charge in [0.05, 0.1) is 24.9 Å². The number of ether oxygens (including phenoxy) is 1. The first-order valence-corrected chi connectivity index (χ1v) is 9.36. The molecule has 1 atom stereocenters. The van der Waals surface area contributed by atoms with Gasteiger partial charge < -0.3 is 20.2 Å². The number of nitriles is 1. The Kier molecular flexibility index (Phi) is 4.92. The van der Waals surface area contributed by atoms with Crippen molar-refractivity contribution in [3.8, 4) is 11.8 Å². The quantitative estimate of drug-likeness (QED) is 0.449. The van der Waals surface area contributed by atoms with Crippen molar-refractivity contribution in [2.24, 2.45) is 0 Å². The lowest BCUT2D eigenvalue weighted by atomic mass is 9.85. The summed E-state index contributed by atoms with van der Waals surface area (Å²) in [6.07, 6.45) is 5.63. The molecule has 7 heteroatoms. The van der Waals surface area contributed by atoms with E-state index >= 15 is 0 Å². The number of oxazole rings is 1. The molecule has 0 fully saturated rings. The zero-order valence-electron chi connectivity index (χ0n) is 16.0. The highest BCUT2D eigenvalue weighted by atomic mass is 16.5. The van der Waals surface area contributed by atoms with Gasteiger partial charge in [0, 0.05) is 22.5 Å². The number of rotatable bonds is 5. The number of aromatic nitrogens is 1. The number of benzene rings is 2. The molecule has 2 aromatic carbocycles. The van der Waals surface area contributed by atoms with E-state index in [4.69, 9.17) is 20.3 Å². The number of nitrogens with one attached hydrogen (secondary N) is 2. The van der Waals surface area contributed by atoms with E-state index in [9.17, 15) is 5.26 Å². The smallest absolute Gasteiger partial charge is 0.181 e. The molecule has 0 saturated carbocycles. The molecule has 0 saturated heterocycles. The summed E-state index contributed by atoms with van der Waals surface area (Å²) in [5.74, 6) is 1.03. The van der Waals surface area contributed by atoms with Crippen molar-refractivity contribution in [3.63, 3.8) is 0 Å². The number of nitrogens with zero attached hydrogens (tertiary/aromatic N) is 2. The van der Waals surface area contributed by atoms with Crippen molar-refractivity contribution in [1.82, 2.24) is 4.98 Å². The summed E-state index contributed by atoms with van der Waals surface area (Å²) >= 11 is 0. The molecular weight excluding hydrogens is 366 g/mol. The molecule has 0 amide bonds. The monoisotopic (exact) mass is 387 g/mol. The Morgan fingerprint density at radius 2 is 2.24 bits per heavy atom. The van der Waals surface area contributed by atoms with Gasteiger partial charge in [-0.3, -0.25) is 5.41 Å². The highest BCUT2D eigenvalue weighted by molar-refractivity contribution is 6.12. The molecule has 0 spiro atoms. The van der Waals surface area contributed by atoms with Crippen LogP contribution in [0.1, 0.15) is 46.9 Å². The molecule has 1 aromatic heterocycles. The topological polar surface area (TPSA) is 121 Å². The molecule has 0 bridgehead atoms. The molecule has 4 N–H and O–H groups in total. The fourth-order valence-corrected chi connectivity index (χ4v) is 3.87.